The third-order valence-electron chi connectivity index (χ3n) is 3.13. The zero-order valence-corrected chi connectivity index (χ0v) is 11.1. The Kier molecular flexibility index (Phi) is 4.22. The van der Waals surface area contributed by atoms with Gasteiger partial charge in [-0.1, -0.05) is 12.2 Å². The summed E-state index contributed by atoms with van der Waals surface area (Å²) in [5.74, 6) is -1.76. The number of nitrogens with one attached hydrogen (secondary N) is 2. The fraction of sp³-hybridized carbons (Fsp3) is 0.214. The molecule has 0 bridgehead atoms. The van der Waals surface area contributed by atoms with Crippen molar-refractivity contribution in [3.8, 4) is 0 Å². The van der Waals surface area contributed by atoms with Crippen LogP contribution in [0.5, 0.6) is 0 Å². The molecule has 3 amide bonds. The predicted octanol–water partition coefficient (Wildman–Crippen LogP) is 0.936. The predicted molar refractivity (Wildman–Crippen MR) is 75.8 cm³/mol. The van der Waals surface area contributed by atoms with E-state index in [-0.39, 0.29) is 11.9 Å². The molecular formula is C14H15N3O4. The Balaban J connectivity index is 1.94. The average Bonchev–Trinajstić information content (AvgIpc) is 2.87. The molecule has 0 fully saturated rings. The molecule has 7 heteroatoms. The number of urea groups is 1. The molecule has 1 aromatic rings. The fourth-order valence-electron chi connectivity index (χ4n) is 2.09. The van der Waals surface area contributed by atoms with Gasteiger partial charge in [-0.15, -0.1) is 0 Å². The highest BCUT2D eigenvalue weighted by Crippen LogP contribution is 2.18. The van der Waals surface area contributed by atoms with Gasteiger partial charge in [-0.3, -0.25) is 9.59 Å². The Morgan fingerprint density at radius 2 is 1.81 bits per heavy atom. The summed E-state index contributed by atoms with van der Waals surface area (Å²) in [6.07, 6.45) is 3.61. The number of aliphatic carboxylic acids is 1. The first-order valence-electron chi connectivity index (χ1n) is 6.34. The smallest absolute Gasteiger partial charge is 0.316 e. The number of benzene rings is 1. The molecule has 7 nitrogen and oxygen atoms in total. The normalized spacial score (nSPS) is 20.0. The van der Waals surface area contributed by atoms with Crippen LogP contribution in [0.1, 0.15) is 16.8 Å². The number of carbonyl (C=O) groups is 3. The second-order valence-electron chi connectivity index (χ2n) is 4.71. The molecule has 0 radical (unpaired) electrons. The van der Waals surface area contributed by atoms with E-state index in [1.165, 1.54) is 0 Å². The molecule has 1 aliphatic rings. The summed E-state index contributed by atoms with van der Waals surface area (Å²) in [6, 6.07) is 5.25. The third-order valence-corrected chi connectivity index (χ3v) is 3.13. The standard InChI is InChI=1S/C14H15N3O4/c15-14(21)17-10-4-1-8(2-5-10)12(18)16-11-6-3-9(7-11)13(19)20/h1-6,9,11H,7H2,(H,16,18)(H,19,20)(H3,15,17,21). The number of nitrogens with two attached hydrogens (primary N) is 1. The van der Waals surface area contributed by atoms with Gasteiger partial charge in [0.2, 0.25) is 0 Å². The van der Waals surface area contributed by atoms with E-state index >= 15 is 0 Å². The van der Waals surface area contributed by atoms with Gasteiger partial charge < -0.3 is 21.5 Å². The first kappa shape index (κ1) is 14.6. The van der Waals surface area contributed by atoms with Crippen LogP contribution in [0.4, 0.5) is 10.5 Å². The van der Waals surface area contributed by atoms with Crippen LogP contribution in [-0.4, -0.2) is 29.1 Å². The SMILES string of the molecule is NC(=O)Nc1ccc(C(=O)NC2C=CC(C(=O)O)C2)cc1. The zero-order chi connectivity index (χ0) is 15.4. The lowest BCUT2D eigenvalue weighted by Gasteiger charge is -2.12. The minimum Gasteiger partial charge on any atom is -0.481 e. The molecule has 110 valence electrons. The molecule has 2 atom stereocenters. The van der Waals surface area contributed by atoms with Crippen molar-refractivity contribution in [1.29, 1.82) is 0 Å². The largest absolute Gasteiger partial charge is 0.481 e. The van der Waals surface area contributed by atoms with E-state index < -0.39 is 17.9 Å². The first-order valence-corrected chi connectivity index (χ1v) is 6.34. The lowest BCUT2D eigenvalue weighted by molar-refractivity contribution is -0.140. The van der Waals surface area contributed by atoms with Crippen LogP contribution in [0.2, 0.25) is 0 Å². The Morgan fingerprint density at radius 3 is 2.33 bits per heavy atom. The van der Waals surface area contributed by atoms with Gasteiger partial charge in [0.25, 0.3) is 5.91 Å². The van der Waals surface area contributed by atoms with E-state index in [1.54, 1.807) is 36.4 Å². The van der Waals surface area contributed by atoms with Gasteiger partial charge in [0.05, 0.1) is 5.92 Å². The summed E-state index contributed by atoms with van der Waals surface area (Å²) in [5.41, 5.74) is 5.89. The van der Waals surface area contributed by atoms with Crippen molar-refractivity contribution < 1.29 is 19.5 Å². The van der Waals surface area contributed by atoms with Gasteiger partial charge >= 0.3 is 12.0 Å². The molecule has 2 unspecified atom stereocenters. The lowest BCUT2D eigenvalue weighted by Crippen LogP contribution is -2.33. The Hall–Kier alpha value is -2.83. The van der Waals surface area contributed by atoms with Gasteiger partial charge in [0, 0.05) is 17.3 Å². The molecule has 0 spiro atoms. The van der Waals surface area contributed by atoms with E-state index in [0.717, 1.165) is 0 Å². The number of rotatable bonds is 4. The summed E-state index contributed by atoms with van der Waals surface area (Å²) in [5, 5.41) is 14.0. The van der Waals surface area contributed by atoms with Gasteiger partial charge in [0.1, 0.15) is 0 Å². The molecule has 0 aromatic heterocycles. The van der Waals surface area contributed by atoms with E-state index in [0.29, 0.717) is 17.7 Å². The van der Waals surface area contributed by atoms with Gasteiger partial charge in [-0.05, 0) is 30.7 Å². The van der Waals surface area contributed by atoms with Crippen LogP contribution < -0.4 is 16.4 Å². The topological polar surface area (TPSA) is 122 Å². The molecule has 1 aliphatic carbocycles. The van der Waals surface area contributed by atoms with Crippen LogP contribution in [0.3, 0.4) is 0 Å². The molecule has 5 N–H and O–H groups in total. The number of carbonyl (C=O) groups excluding carboxylic acids is 2. The summed E-state index contributed by atoms with van der Waals surface area (Å²) in [7, 11) is 0. The highest BCUT2D eigenvalue weighted by Gasteiger charge is 2.25. The summed E-state index contributed by atoms with van der Waals surface area (Å²) < 4.78 is 0. The highest BCUT2D eigenvalue weighted by molar-refractivity contribution is 5.95. The Morgan fingerprint density at radius 1 is 1.14 bits per heavy atom. The number of hydrogen-bond acceptors (Lipinski definition) is 3. The van der Waals surface area contributed by atoms with Crippen molar-refractivity contribution in [3.63, 3.8) is 0 Å². The van der Waals surface area contributed by atoms with Crippen molar-refractivity contribution in [1.82, 2.24) is 5.32 Å². The molecule has 0 saturated carbocycles. The van der Waals surface area contributed by atoms with Crippen molar-refractivity contribution >= 4 is 23.6 Å². The molecule has 1 aromatic carbocycles. The van der Waals surface area contributed by atoms with Crippen molar-refractivity contribution in [2.24, 2.45) is 11.7 Å². The summed E-state index contributed by atoms with van der Waals surface area (Å²) in [4.78, 5) is 33.5. The minimum atomic E-state index is -0.898. The van der Waals surface area contributed by atoms with Crippen molar-refractivity contribution in [2.75, 3.05) is 5.32 Å². The monoisotopic (exact) mass is 289 g/mol. The molecule has 0 aliphatic heterocycles. The fourth-order valence-corrected chi connectivity index (χ4v) is 2.09. The lowest BCUT2D eigenvalue weighted by atomic mass is 10.1. The number of hydrogen-bond donors (Lipinski definition) is 4. The molecule has 0 saturated heterocycles. The van der Waals surface area contributed by atoms with Crippen molar-refractivity contribution in [3.05, 3.63) is 42.0 Å². The summed E-state index contributed by atoms with van der Waals surface area (Å²) >= 11 is 0. The summed E-state index contributed by atoms with van der Waals surface area (Å²) in [6.45, 7) is 0. The average molecular weight is 289 g/mol. The van der Waals surface area contributed by atoms with Gasteiger partial charge in [-0.25, -0.2) is 4.79 Å². The van der Waals surface area contributed by atoms with Gasteiger partial charge in [0.15, 0.2) is 0 Å². The second kappa shape index (κ2) is 6.08. The number of carboxylic acid groups (broad SMARTS) is 1. The van der Waals surface area contributed by atoms with Crippen LogP contribution in [0, 0.1) is 5.92 Å². The maximum Gasteiger partial charge on any atom is 0.316 e. The number of anilines is 1. The van der Waals surface area contributed by atoms with E-state index in [4.69, 9.17) is 10.8 Å². The highest BCUT2D eigenvalue weighted by atomic mass is 16.4. The number of carboxylic acids is 1. The van der Waals surface area contributed by atoms with Crippen LogP contribution >= 0.6 is 0 Å². The van der Waals surface area contributed by atoms with Crippen LogP contribution in [0.25, 0.3) is 0 Å². The number of primary amides is 1. The van der Waals surface area contributed by atoms with E-state index in [9.17, 15) is 14.4 Å². The minimum absolute atomic E-state index is 0.290. The first-order chi connectivity index (χ1) is 9.95. The molecule has 21 heavy (non-hydrogen) atoms. The quantitative estimate of drug-likeness (QED) is 0.616. The van der Waals surface area contributed by atoms with E-state index in [1.807, 2.05) is 0 Å². The van der Waals surface area contributed by atoms with Crippen molar-refractivity contribution in [2.45, 2.75) is 12.5 Å². The van der Waals surface area contributed by atoms with Crippen LogP contribution in [-0.2, 0) is 4.79 Å². The van der Waals surface area contributed by atoms with Crippen LogP contribution in [0.15, 0.2) is 36.4 Å². The van der Waals surface area contributed by atoms with Gasteiger partial charge in [-0.2, -0.15) is 0 Å². The molecular weight excluding hydrogens is 274 g/mol. The maximum atomic E-state index is 12.0. The maximum absolute atomic E-state index is 12.0. The Labute approximate surface area is 120 Å². The zero-order valence-electron chi connectivity index (χ0n) is 11.1. The molecule has 2 rings (SSSR count). The second-order valence-corrected chi connectivity index (χ2v) is 4.71. The Bertz CT molecular complexity index is 595. The van der Waals surface area contributed by atoms with E-state index in [2.05, 4.69) is 10.6 Å². The molecule has 0 heterocycles. The third kappa shape index (κ3) is 3.82. The number of amides is 3.